The van der Waals surface area contributed by atoms with Crippen LogP contribution < -0.4 is 5.32 Å². The Bertz CT molecular complexity index is 314. The summed E-state index contributed by atoms with van der Waals surface area (Å²) in [5.74, 6) is 0.792. The lowest BCUT2D eigenvalue weighted by atomic mass is 9.81. The van der Waals surface area contributed by atoms with Crippen LogP contribution in [-0.2, 0) is 0 Å². The first kappa shape index (κ1) is 11.9. The van der Waals surface area contributed by atoms with E-state index in [0.717, 1.165) is 10.9 Å². The van der Waals surface area contributed by atoms with E-state index in [1.807, 2.05) is 12.1 Å². The summed E-state index contributed by atoms with van der Waals surface area (Å²) < 4.78 is 0. The maximum absolute atomic E-state index is 5.92. The number of hydrogen-bond donors (Lipinski definition) is 1. The highest BCUT2D eigenvalue weighted by atomic mass is 35.5. The molecule has 0 radical (unpaired) electrons. The van der Waals surface area contributed by atoms with Crippen molar-refractivity contribution in [1.82, 2.24) is 5.32 Å². The fraction of sp³-hybridized carbons (Fsp3) is 0.571. The van der Waals surface area contributed by atoms with Crippen LogP contribution in [0.15, 0.2) is 24.3 Å². The number of nitrogens with one attached hydrogen (secondary N) is 1. The van der Waals surface area contributed by atoms with Crippen molar-refractivity contribution in [2.24, 2.45) is 5.92 Å². The van der Waals surface area contributed by atoms with Crippen molar-refractivity contribution in [3.63, 3.8) is 0 Å². The number of halogens is 1. The molecule has 1 aromatic carbocycles. The topological polar surface area (TPSA) is 12.0 Å². The molecule has 0 amide bonds. The van der Waals surface area contributed by atoms with Gasteiger partial charge in [-0.1, -0.05) is 43.0 Å². The predicted molar refractivity (Wildman–Crippen MR) is 69.8 cm³/mol. The molecule has 0 spiro atoms. The molecule has 1 saturated carbocycles. The van der Waals surface area contributed by atoms with Gasteiger partial charge in [-0.15, -0.1) is 0 Å². The van der Waals surface area contributed by atoms with Crippen molar-refractivity contribution in [2.45, 2.75) is 38.1 Å². The quantitative estimate of drug-likeness (QED) is 0.832. The third kappa shape index (κ3) is 2.78. The van der Waals surface area contributed by atoms with E-state index >= 15 is 0 Å². The third-order valence-corrected chi connectivity index (χ3v) is 3.91. The van der Waals surface area contributed by atoms with Crippen molar-refractivity contribution in [2.75, 3.05) is 7.05 Å². The molecule has 0 heterocycles. The van der Waals surface area contributed by atoms with E-state index in [9.17, 15) is 0 Å². The molecule has 88 valence electrons. The zero-order chi connectivity index (χ0) is 11.4. The number of benzene rings is 1. The van der Waals surface area contributed by atoms with E-state index in [4.69, 9.17) is 11.6 Å². The van der Waals surface area contributed by atoms with Gasteiger partial charge in [0.05, 0.1) is 0 Å². The van der Waals surface area contributed by atoms with Gasteiger partial charge in [-0.05, 0) is 43.5 Å². The molecule has 0 bridgehead atoms. The molecule has 1 aliphatic carbocycles. The highest BCUT2D eigenvalue weighted by Crippen LogP contribution is 2.34. The predicted octanol–water partition coefficient (Wildman–Crippen LogP) is 4.18. The largest absolute Gasteiger partial charge is 0.313 e. The summed E-state index contributed by atoms with van der Waals surface area (Å²) in [6.45, 7) is 0. The second kappa shape index (κ2) is 5.70. The molecule has 1 aliphatic rings. The molecule has 0 aromatic heterocycles. The van der Waals surface area contributed by atoms with Gasteiger partial charge in [0.2, 0.25) is 0 Å². The zero-order valence-electron chi connectivity index (χ0n) is 9.88. The summed E-state index contributed by atoms with van der Waals surface area (Å²) in [5.41, 5.74) is 1.37. The van der Waals surface area contributed by atoms with Crippen molar-refractivity contribution in [3.05, 3.63) is 34.9 Å². The smallest absolute Gasteiger partial charge is 0.0406 e. The minimum atomic E-state index is 0.498. The van der Waals surface area contributed by atoms with Crippen molar-refractivity contribution < 1.29 is 0 Å². The van der Waals surface area contributed by atoms with E-state index in [-0.39, 0.29) is 0 Å². The zero-order valence-corrected chi connectivity index (χ0v) is 10.6. The third-order valence-electron chi connectivity index (χ3n) is 3.66. The maximum atomic E-state index is 5.92. The van der Waals surface area contributed by atoms with Gasteiger partial charge in [-0.25, -0.2) is 0 Å². The summed E-state index contributed by atoms with van der Waals surface area (Å²) in [7, 11) is 2.06. The van der Waals surface area contributed by atoms with Gasteiger partial charge >= 0.3 is 0 Å². The van der Waals surface area contributed by atoms with Crippen LogP contribution in [0.4, 0.5) is 0 Å². The summed E-state index contributed by atoms with van der Waals surface area (Å²) in [4.78, 5) is 0. The Morgan fingerprint density at radius 2 is 1.75 bits per heavy atom. The first-order valence-corrected chi connectivity index (χ1v) is 6.62. The van der Waals surface area contributed by atoms with Gasteiger partial charge in [-0.3, -0.25) is 0 Å². The summed E-state index contributed by atoms with van der Waals surface area (Å²) in [6.07, 6.45) is 6.89. The molecule has 16 heavy (non-hydrogen) atoms. The van der Waals surface area contributed by atoms with E-state index in [2.05, 4.69) is 24.5 Å². The van der Waals surface area contributed by atoms with Crippen molar-refractivity contribution >= 4 is 11.6 Å². The molecule has 1 N–H and O–H groups in total. The second-order valence-corrected chi connectivity index (χ2v) is 5.15. The van der Waals surface area contributed by atoms with Crippen molar-refractivity contribution in [3.8, 4) is 0 Å². The van der Waals surface area contributed by atoms with E-state index in [1.165, 1.54) is 37.7 Å². The molecule has 1 unspecified atom stereocenters. The van der Waals surface area contributed by atoms with Crippen LogP contribution in [0.2, 0.25) is 5.02 Å². The van der Waals surface area contributed by atoms with Crippen LogP contribution in [0.3, 0.4) is 0 Å². The van der Waals surface area contributed by atoms with Crippen molar-refractivity contribution in [1.29, 1.82) is 0 Å². The molecule has 1 fully saturated rings. The van der Waals surface area contributed by atoms with Gasteiger partial charge in [0.25, 0.3) is 0 Å². The average molecular weight is 238 g/mol. The Labute approximate surface area is 103 Å². The molecule has 1 nitrogen and oxygen atoms in total. The summed E-state index contributed by atoms with van der Waals surface area (Å²) >= 11 is 5.92. The molecule has 0 aliphatic heterocycles. The van der Waals surface area contributed by atoms with Gasteiger partial charge in [0.1, 0.15) is 0 Å². The minimum absolute atomic E-state index is 0.498. The summed E-state index contributed by atoms with van der Waals surface area (Å²) in [6, 6.07) is 8.78. The lowest BCUT2D eigenvalue weighted by molar-refractivity contribution is 0.281. The normalized spacial score (nSPS) is 19.6. The Kier molecular flexibility index (Phi) is 4.25. The van der Waals surface area contributed by atoms with E-state index in [0.29, 0.717) is 6.04 Å². The molecular weight excluding hydrogens is 218 g/mol. The molecular formula is C14H20ClN. The van der Waals surface area contributed by atoms with Crippen LogP contribution in [0.5, 0.6) is 0 Å². The molecule has 1 aromatic rings. The van der Waals surface area contributed by atoms with Crippen LogP contribution >= 0.6 is 11.6 Å². The van der Waals surface area contributed by atoms with E-state index in [1.54, 1.807) is 0 Å². The molecule has 2 heteroatoms. The monoisotopic (exact) mass is 237 g/mol. The highest BCUT2D eigenvalue weighted by molar-refractivity contribution is 6.30. The fourth-order valence-corrected chi connectivity index (χ4v) is 2.94. The van der Waals surface area contributed by atoms with E-state index < -0.39 is 0 Å². The molecule has 1 atom stereocenters. The first-order valence-electron chi connectivity index (χ1n) is 6.24. The molecule has 0 saturated heterocycles. The minimum Gasteiger partial charge on any atom is -0.313 e. The lowest BCUT2D eigenvalue weighted by Gasteiger charge is -2.30. The SMILES string of the molecule is CNC(c1ccc(Cl)cc1)C1CCCCC1. The van der Waals surface area contributed by atoms with Crippen LogP contribution in [0.1, 0.15) is 43.7 Å². The Morgan fingerprint density at radius 1 is 1.12 bits per heavy atom. The Hall–Kier alpha value is -0.530. The van der Waals surface area contributed by atoms with Gasteiger partial charge in [0.15, 0.2) is 0 Å². The van der Waals surface area contributed by atoms with Gasteiger partial charge in [-0.2, -0.15) is 0 Å². The fourth-order valence-electron chi connectivity index (χ4n) is 2.81. The Morgan fingerprint density at radius 3 is 2.31 bits per heavy atom. The van der Waals surface area contributed by atoms with Crippen LogP contribution in [0.25, 0.3) is 0 Å². The Balaban J connectivity index is 2.11. The number of rotatable bonds is 3. The molecule has 2 rings (SSSR count). The standard InChI is InChI=1S/C14H20ClN/c1-16-14(11-5-3-2-4-6-11)12-7-9-13(15)10-8-12/h7-11,14,16H,2-6H2,1H3. The van der Waals surface area contributed by atoms with Gasteiger partial charge in [0, 0.05) is 11.1 Å². The van der Waals surface area contributed by atoms with Crippen LogP contribution in [-0.4, -0.2) is 7.05 Å². The average Bonchev–Trinajstić information content (AvgIpc) is 2.34. The lowest BCUT2D eigenvalue weighted by Crippen LogP contribution is -2.26. The number of hydrogen-bond acceptors (Lipinski definition) is 1. The van der Waals surface area contributed by atoms with Crippen LogP contribution in [0, 0.1) is 5.92 Å². The maximum Gasteiger partial charge on any atom is 0.0406 e. The first-order chi connectivity index (χ1) is 7.81. The van der Waals surface area contributed by atoms with Gasteiger partial charge < -0.3 is 5.32 Å². The highest BCUT2D eigenvalue weighted by Gasteiger charge is 2.23. The second-order valence-electron chi connectivity index (χ2n) is 4.72. The summed E-state index contributed by atoms with van der Waals surface area (Å²) in [5, 5.41) is 4.29.